The first-order valence-corrected chi connectivity index (χ1v) is 9.98. The van der Waals surface area contributed by atoms with Crippen LogP contribution in [0.4, 0.5) is 4.79 Å². The fraction of sp³-hybridized carbons (Fsp3) is 0.364. The molecule has 0 radical (unpaired) electrons. The molecule has 1 aliphatic heterocycles. The number of aromatic amines is 1. The third kappa shape index (κ3) is 4.30. The van der Waals surface area contributed by atoms with Crippen molar-refractivity contribution in [3.8, 4) is 17.0 Å². The first kappa shape index (κ1) is 20.6. The van der Waals surface area contributed by atoms with Gasteiger partial charge in [-0.15, -0.1) is 0 Å². The van der Waals surface area contributed by atoms with Crippen molar-refractivity contribution >= 4 is 23.0 Å². The third-order valence-corrected chi connectivity index (χ3v) is 4.91. The molecule has 1 unspecified atom stereocenters. The average Bonchev–Trinajstić information content (AvgIpc) is 3.39. The zero-order chi connectivity index (χ0) is 22.2. The Balaban J connectivity index is 1.53. The number of imidazole rings is 1. The standard InChI is InChI=1S/C22H23N3O6/c1-22(2,3)31-21(28)25-8-4-5-17(25)20(27)30-13-6-7-14-18(9-13)29-11-15(19(14)26)16-10-23-12-24-16/h6-7,9-12,17H,4-5,8H2,1-3H3,(H,23,24). The van der Waals surface area contributed by atoms with E-state index in [1.54, 1.807) is 26.8 Å². The van der Waals surface area contributed by atoms with E-state index in [4.69, 9.17) is 13.9 Å². The van der Waals surface area contributed by atoms with Gasteiger partial charge < -0.3 is 18.9 Å². The van der Waals surface area contributed by atoms with E-state index in [9.17, 15) is 14.4 Å². The Bertz CT molecular complexity index is 1180. The van der Waals surface area contributed by atoms with Crippen LogP contribution in [0.25, 0.3) is 22.2 Å². The Kier molecular flexibility index (Phi) is 5.26. The van der Waals surface area contributed by atoms with Crippen LogP contribution in [-0.4, -0.2) is 45.1 Å². The van der Waals surface area contributed by atoms with Crippen molar-refractivity contribution in [3.63, 3.8) is 0 Å². The summed E-state index contributed by atoms with van der Waals surface area (Å²) in [7, 11) is 0. The van der Waals surface area contributed by atoms with Gasteiger partial charge in [-0.05, 0) is 45.7 Å². The molecule has 3 heterocycles. The van der Waals surface area contributed by atoms with Crippen LogP contribution >= 0.6 is 0 Å². The quantitative estimate of drug-likeness (QED) is 0.504. The highest BCUT2D eigenvalue weighted by atomic mass is 16.6. The van der Waals surface area contributed by atoms with E-state index in [2.05, 4.69) is 9.97 Å². The Morgan fingerprint density at radius 3 is 2.81 bits per heavy atom. The van der Waals surface area contributed by atoms with E-state index in [1.165, 1.54) is 35.8 Å². The molecule has 1 amide bonds. The van der Waals surface area contributed by atoms with E-state index in [-0.39, 0.29) is 16.8 Å². The van der Waals surface area contributed by atoms with Gasteiger partial charge >= 0.3 is 12.1 Å². The number of H-pyrrole nitrogens is 1. The number of benzene rings is 1. The Morgan fingerprint density at radius 2 is 2.10 bits per heavy atom. The van der Waals surface area contributed by atoms with Gasteiger partial charge in [-0.3, -0.25) is 9.69 Å². The van der Waals surface area contributed by atoms with Crippen LogP contribution in [0, 0.1) is 0 Å². The topological polar surface area (TPSA) is 115 Å². The largest absolute Gasteiger partial charge is 0.463 e. The molecular weight excluding hydrogens is 402 g/mol. The van der Waals surface area contributed by atoms with Gasteiger partial charge in [0, 0.05) is 12.6 Å². The second kappa shape index (κ2) is 7.90. The molecule has 9 nitrogen and oxygen atoms in total. The second-order valence-electron chi connectivity index (χ2n) is 8.35. The molecule has 1 aliphatic rings. The van der Waals surface area contributed by atoms with Crippen molar-refractivity contribution in [2.24, 2.45) is 0 Å². The summed E-state index contributed by atoms with van der Waals surface area (Å²) in [6.07, 6.45) is 4.99. The van der Waals surface area contributed by atoms with Crippen LogP contribution < -0.4 is 10.2 Å². The number of nitrogens with one attached hydrogen (secondary N) is 1. The summed E-state index contributed by atoms with van der Waals surface area (Å²) < 4.78 is 16.5. The molecule has 1 saturated heterocycles. The van der Waals surface area contributed by atoms with Crippen molar-refractivity contribution in [1.29, 1.82) is 0 Å². The summed E-state index contributed by atoms with van der Waals surface area (Å²) in [5.41, 5.74) is 0.312. The van der Waals surface area contributed by atoms with E-state index < -0.39 is 23.7 Å². The van der Waals surface area contributed by atoms with Gasteiger partial charge in [-0.2, -0.15) is 0 Å². The van der Waals surface area contributed by atoms with E-state index in [0.29, 0.717) is 36.0 Å². The molecule has 0 spiro atoms. The molecule has 1 atom stereocenters. The minimum absolute atomic E-state index is 0.227. The number of carbonyl (C=O) groups excluding carboxylic acids is 2. The number of esters is 1. The molecular formula is C22H23N3O6. The van der Waals surface area contributed by atoms with Crippen LogP contribution in [0.5, 0.6) is 5.75 Å². The molecule has 31 heavy (non-hydrogen) atoms. The van der Waals surface area contributed by atoms with Crippen LogP contribution in [0.1, 0.15) is 33.6 Å². The van der Waals surface area contributed by atoms with Crippen LogP contribution in [0.2, 0.25) is 0 Å². The monoisotopic (exact) mass is 425 g/mol. The Morgan fingerprint density at radius 1 is 1.29 bits per heavy atom. The van der Waals surface area contributed by atoms with E-state index >= 15 is 0 Å². The van der Waals surface area contributed by atoms with Gasteiger partial charge in [0.05, 0.1) is 29.2 Å². The Labute approximate surface area is 178 Å². The molecule has 1 aromatic carbocycles. The SMILES string of the molecule is CC(C)(C)OC(=O)N1CCCC1C(=O)Oc1ccc2c(=O)c(-c3cnc[nH]3)coc2c1. The third-order valence-electron chi connectivity index (χ3n) is 4.91. The van der Waals surface area contributed by atoms with Crippen LogP contribution in [0.15, 0.2) is 46.2 Å². The van der Waals surface area contributed by atoms with Crippen molar-refractivity contribution in [1.82, 2.24) is 14.9 Å². The highest BCUT2D eigenvalue weighted by molar-refractivity contribution is 5.86. The summed E-state index contributed by atoms with van der Waals surface area (Å²) in [6.45, 7) is 5.75. The Hall–Kier alpha value is -3.62. The lowest BCUT2D eigenvalue weighted by atomic mass is 10.1. The molecule has 2 aromatic heterocycles. The molecule has 0 bridgehead atoms. The number of nitrogens with zero attached hydrogens (tertiary/aromatic N) is 2. The number of likely N-dealkylation sites (tertiary alicyclic amines) is 1. The smallest absolute Gasteiger partial charge is 0.411 e. The first-order chi connectivity index (χ1) is 14.7. The molecule has 162 valence electrons. The minimum atomic E-state index is -0.722. The molecule has 9 heteroatoms. The lowest BCUT2D eigenvalue weighted by Crippen LogP contribution is -2.44. The summed E-state index contributed by atoms with van der Waals surface area (Å²) >= 11 is 0. The predicted molar refractivity (Wildman–Crippen MR) is 112 cm³/mol. The van der Waals surface area contributed by atoms with Gasteiger partial charge in [0.2, 0.25) is 5.43 Å². The van der Waals surface area contributed by atoms with Gasteiger partial charge in [-0.1, -0.05) is 0 Å². The van der Waals surface area contributed by atoms with Gasteiger partial charge in [0.1, 0.15) is 29.2 Å². The number of ether oxygens (including phenoxy) is 2. The number of hydrogen-bond acceptors (Lipinski definition) is 7. The maximum atomic E-state index is 12.7. The molecule has 0 aliphatic carbocycles. The summed E-state index contributed by atoms with van der Waals surface area (Å²) in [6, 6.07) is 3.84. The number of rotatable bonds is 3. The summed E-state index contributed by atoms with van der Waals surface area (Å²) in [5, 5.41) is 0.350. The minimum Gasteiger partial charge on any atom is -0.463 e. The lowest BCUT2D eigenvalue weighted by molar-refractivity contribution is -0.139. The van der Waals surface area contributed by atoms with E-state index in [1.807, 2.05) is 0 Å². The highest BCUT2D eigenvalue weighted by Gasteiger charge is 2.38. The van der Waals surface area contributed by atoms with Crippen molar-refractivity contribution in [2.45, 2.75) is 45.3 Å². The van der Waals surface area contributed by atoms with Gasteiger partial charge in [0.15, 0.2) is 0 Å². The first-order valence-electron chi connectivity index (χ1n) is 9.98. The summed E-state index contributed by atoms with van der Waals surface area (Å²) in [4.78, 5) is 46.0. The maximum Gasteiger partial charge on any atom is 0.411 e. The molecule has 1 N–H and O–H groups in total. The zero-order valence-corrected chi connectivity index (χ0v) is 17.5. The second-order valence-corrected chi connectivity index (χ2v) is 8.35. The number of carbonyl (C=O) groups is 2. The van der Waals surface area contributed by atoms with Crippen LogP contribution in [-0.2, 0) is 9.53 Å². The molecule has 3 aromatic rings. The van der Waals surface area contributed by atoms with Crippen molar-refractivity contribution in [3.05, 3.63) is 47.2 Å². The number of hydrogen-bond donors (Lipinski definition) is 1. The molecule has 1 fully saturated rings. The lowest BCUT2D eigenvalue weighted by Gasteiger charge is -2.27. The zero-order valence-electron chi connectivity index (χ0n) is 17.5. The number of fused-ring (bicyclic) bond motifs is 1. The average molecular weight is 425 g/mol. The summed E-state index contributed by atoms with van der Waals surface area (Å²) in [5.74, 6) is -0.329. The normalized spacial score (nSPS) is 16.5. The van der Waals surface area contributed by atoms with Crippen molar-refractivity contribution in [2.75, 3.05) is 6.54 Å². The van der Waals surface area contributed by atoms with E-state index in [0.717, 1.165) is 0 Å². The predicted octanol–water partition coefficient (Wildman–Crippen LogP) is 3.49. The van der Waals surface area contributed by atoms with Crippen LogP contribution in [0.3, 0.4) is 0 Å². The number of aromatic nitrogens is 2. The van der Waals surface area contributed by atoms with Gasteiger partial charge in [-0.25, -0.2) is 14.6 Å². The molecule has 0 saturated carbocycles. The highest BCUT2D eigenvalue weighted by Crippen LogP contribution is 2.25. The maximum absolute atomic E-state index is 12.7. The number of amides is 1. The van der Waals surface area contributed by atoms with Gasteiger partial charge in [0.25, 0.3) is 0 Å². The van der Waals surface area contributed by atoms with Crippen molar-refractivity contribution < 1.29 is 23.5 Å². The fourth-order valence-corrected chi connectivity index (χ4v) is 3.50. The molecule has 4 rings (SSSR count). The fourth-order valence-electron chi connectivity index (χ4n) is 3.50.